The molecule has 2 aliphatic heterocycles. The van der Waals surface area contributed by atoms with Crippen molar-refractivity contribution in [2.45, 2.75) is 84.1 Å². The highest BCUT2D eigenvalue weighted by Crippen LogP contribution is 2.29. The molecule has 0 atom stereocenters. The van der Waals surface area contributed by atoms with Crippen LogP contribution in [-0.2, 0) is 10.2 Å². The van der Waals surface area contributed by atoms with Gasteiger partial charge in [-0.1, -0.05) is 6.42 Å². The van der Waals surface area contributed by atoms with Crippen LogP contribution in [0.2, 0.25) is 0 Å². The predicted molar refractivity (Wildman–Crippen MR) is 141 cm³/mol. The Hall–Kier alpha value is -1.72. The highest BCUT2D eigenvalue weighted by molar-refractivity contribution is 7.87. The van der Waals surface area contributed by atoms with Gasteiger partial charge in [-0.3, -0.25) is 0 Å². The van der Waals surface area contributed by atoms with E-state index in [1.807, 2.05) is 0 Å². The molecule has 2 saturated heterocycles. The number of piperidine rings is 2. The topological polar surface area (TPSA) is 115 Å². The summed E-state index contributed by atoms with van der Waals surface area (Å²) in [5, 5.41) is 6.80. The summed E-state index contributed by atoms with van der Waals surface area (Å²) in [6.07, 6.45) is 11.0. The van der Waals surface area contributed by atoms with Crippen molar-refractivity contribution in [3.8, 4) is 0 Å². The lowest BCUT2D eigenvalue weighted by Crippen LogP contribution is -2.45. The van der Waals surface area contributed by atoms with Crippen LogP contribution in [0.3, 0.4) is 0 Å². The van der Waals surface area contributed by atoms with Crippen molar-refractivity contribution in [1.82, 2.24) is 24.0 Å². The maximum atomic E-state index is 12.6. The second kappa shape index (κ2) is 12.5. The number of nitrogens with one attached hydrogen (secondary N) is 3. The maximum Gasteiger partial charge on any atom is 0.279 e. The molecule has 1 saturated carbocycles. The number of hydrogen-bond acceptors (Lipinski definition) is 8. The molecule has 10 nitrogen and oxygen atoms in total. The summed E-state index contributed by atoms with van der Waals surface area (Å²) in [7, 11) is -3.33. The fourth-order valence-electron chi connectivity index (χ4n) is 5.30. The van der Waals surface area contributed by atoms with Gasteiger partial charge < -0.3 is 15.5 Å². The monoisotopic (exact) mass is 508 g/mol. The van der Waals surface area contributed by atoms with Crippen LogP contribution in [0.4, 0.5) is 17.8 Å². The van der Waals surface area contributed by atoms with Crippen LogP contribution in [0, 0.1) is 11.8 Å². The first-order chi connectivity index (χ1) is 16.9. The Morgan fingerprint density at radius 3 is 2.00 bits per heavy atom. The van der Waals surface area contributed by atoms with Crippen LogP contribution in [0.5, 0.6) is 0 Å². The van der Waals surface area contributed by atoms with Crippen LogP contribution >= 0.6 is 0 Å². The Balaban J connectivity index is 1.25. The molecule has 0 aromatic carbocycles. The fraction of sp³-hybridized carbons (Fsp3) is 0.875. The van der Waals surface area contributed by atoms with E-state index in [1.54, 1.807) is 4.31 Å². The van der Waals surface area contributed by atoms with E-state index < -0.39 is 10.2 Å². The predicted octanol–water partition coefficient (Wildman–Crippen LogP) is 3.22. The molecular weight excluding hydrogens is 464 g/mol. The molecule has 11 heteroatoms. The summed E-state index contributed by atoms with van der Waals surface area (Å²) in [5.41, 5.74) is 0. The summed E-state index contributed by atoms with van der Waals surface area (Å²) >= 11 is 0. The normalized spacial score (nSPS) is 24.5. The Labute approximate surface area is 211 Å². The lowest BCUT2D eigenvalue weighted by Gasteiger charge is -2.31. The summed E-state index contributed by atoms with van der Waals surface area (Å²) in [6, 6.07) is 0.252. The largest absolute Gasteiger partial charge is 0.354 e. The van der Waals surface area contributed by atoms with Gasteiger partial charge in [0.1, 0.15) is 0 Å². The fourth-order valence-corrected chi connectivity index (χ4v) is 6.66. The third-order valence-corrected chi connectivity index (χ3v) is 8.98. The second-order valence-corrected chi connectivity index (χ2v) is 12.5. The Bertz CT molecular complexity index is 893. The highest BCUT2D eigenvalue weighted by atomic mass is 32.2. The summed E-state index contributed by atoms with van der Waals surface area (Å²) in [6.45, 7) is 8.85. The van der Waals surface area contributed by atoms with Crippen molar-refractivity contribution < 1.29 is 8.42 Å². The zero-order chi connectivity index (χ0) is 24.7. The smallest absolute Gasteiger partial charge is 0.279 e. The second-order valence-electron chi connectivity index (χ2n) is 10.7. The molecule has 35 heavy (non-hydrogen) atoms. The van der Waals surface area contributed by atoms with Gasteiger partial charge in [-0.2, -0.15) is 27.7 Å². The van der Waals surface area contributed by atoms with Gasteiger partial charge in [0.15, 0.2) is 0 Å². The minimum absolute atomic E-state index is 0.252. The van der Waals surface area contributed by atoms with E-state index in [1.165, 1.54) is 19.3 Å². The SMILES string of the molecule is CC(C)Nc1nc(NCC2CCC(CNS(=O)(=O)N3CCCCC3)CC2)nc(N2CCCCC2)n1. The Morgan fingerprint density at radius 1 is 0.800 bits per heavy atom. The van der Waals surface area contributed by atoms with Crippen LogP contribution in [0.15, 0.2) is 0 Å². The van der Waals surface area contributed by atoms with Crippen molar-refractivity contribution in [2.24, 2.45) is 11.8 Å². The lowest BCUT2D eigenvalue weighted by molar-refractivity contribution is 0.280. The molecule has 198 valence electrons. The first kappa shape index (κ1) is 26.3. The molecule has 3 aliphatic rings. The van der Waals surface area contributed by atoms with Gasteiger partial charge in [0.25, 0.3) is 10.2 Å². The van der Waals surface area contributed by atoms with E-state index >= 15 is 0 Å². The summed E-state index contributed by atoms with van der Waals surface area (Å²) in [5.74, 6) is 2.98. The van der Waals surface area contributed by atoms with Crippen LogP contribution in [-0.4, -0.2) is 73.0 Å². The molecule has 3 heterocycles. The molecule has 1 aromatic rings. The third kappa shape index (κ3) is 7.88. The minimum atomic E-state index is -3.33. The van der Waals surface area contributed by atoms with Crippen molar-refractivity contribution in [3.63, 3.8) is 0 Å². The van der Waals surface area contributed by atoms with Crippen LogP contribution < -0.4 is 20.3 Å². The zero-order valence-electron chi connectivity index (χ0n) is 21.5. The van der Waals surface area contributed by atoms with Gasteiger partial charge in [0, 0.05) is 45.3 Å². The van der Waals surface area contributed by atoms with Gasteiger partial charge in [-0.15, -0.1) is 0 Å². The van der Waals surface area contributed by atoms with E-state index in [9.17, 15) is 8.42 Å². The van der Waals surface area contributed by atoms with Gasteiger partial charge in [-0.25, -0.2) is 4.72 Å². The highest BCUT2D eigenvalue weighted by Gasteiger charge is 2.27. The average molecular weight is 509 g/mol. The zero-order valence-corrected chi connectivity index (χ0v) is 22.3. The van der Waals surface area contributed by atoms with E-state index in [0.717, 1.165) is 70.5 Å². The Morgan fingerprint density at radius 2 is 1.37 bits per heavy atom. The number of nitrogens with zero attached hydrogens (tertiary/aromatic N) is 5. The molecular formula is C24H44N8O2S. The number of anilines is 3. The molecule has 3 fully saturated rings. The van der Waals surface area contributed by atoms with Crippen LogP contribution in [0.1, 0.15) is 78.1 Å². The third-order valence-electron chi connectivity index (χ3n) is 7.40. The van der Waals surface area contributed by atoms with E-state index in [4.69, 9.17) is 4.98 Å². The molecule has 0 bridgehead atoms. The molecule has 0 amide bonds. The van der Waals surface area contributed by atoms with E-state index in [-0.39, 0.29) is 6.04 Å². The van der Waals surface area contributed by atoms with E-state index in [0.29, 0.717) is 43.4 Å². The Kier molecular flexibility index (Phi) is 9.40. The number of aromatic nitrogens is 3. The molecule has 4 rings (SSSR count). The van der Waals surface area contributed by atoms with Gasteiger partial charge >= 0.3 is 0 Å². The van der Waals surface area contributed by atoms with Gasteiger partial charge in [0.2, 0.25) is 17.8 Å². The number of hydrogen-bond donors (Lipinski definition) is 3. The van der Waals surface area contributed by atoms with Crippen molar-refractivity contribution >= 4 is 28.1 Å². The summed E-state index contributed by atoms with van der Waals surface area (Å²) < 4.78 is 29.6. The van der Waals surface area contributed by atoms with Gasteiger partial charge in [-0.05, 0) is 83.5 Å². The molecule has 1 aromatic heterocycles. The van der Waals surface area contributed by atoms with Crippen molar-refractivity contribution in [1.29, 1.82) is 0 Å². The molecule has 0 unspecified atom stereocenters. The maximum absolute atomic E-state index is 12.6. The average Bonchev–Trinajstić information content (AvgIpc) is 2.87. The first-order valence-corrected chi connectivity index (χ1v) is 15.1. The lowest BCUT2D eigenvalue weighted by atomic mass is 9.82. The molecule has 0 spiro atoms. The molecule has 3 N–H and O–H groups in total. The van der Waals surface area contributed by atoms with Gasteiger partial charge in [0.05, 0.1) is 0 Å². The van der Waals surface area contributed by atoms with Crippen molar-refractivity contribution in [2.75, 3.05) is 54.8 Å². The standard InChI is InChI=1S/C24H44N8O2S/c1-19(2)27-23-28-22(29-24(30-23)31-13-5-3-6-14-31)25-17-20-9-11-21(12-10-20)18-26-35(33,34)32-15-7-4-8-16-32/h19-21,26H,3-18H2,1-2H3,(H2,25,27,28,29,30). The van der Waals surface area contributed by atoms with Crippen LogP contribution in [0.25, 0.3) is 0 Å². The minimum Gasteiger partial charge on any atom is -0.354 e. The quantitative estimate of drug-likeness (QED) is 0.441. The van der Waals surface area contributed by atoms with Crippen molar-refractivity contribution in [3.05, 3.63) is 0 Å². The molecule has 1 aliphatic carbocycles. The van der Waals surface area contributed by atoms with E-state index in [2.05, 4.69) is 44.1 Å². The first-order valence-electron chi connectivity index (χ1n) is 13.7. The molecule has 0 radical (unpaired) electrons. The number of rotatable bonds is 10. The summed E-state index contributed by atoms with van der Waals surface area (Å²) in [4.78, 5) is 16.3.